The Bertz CT molecular complexity index is 44.3. The maximum absolute atomic E-state index is 5.33. The molecule has 9 heavy (non-hydrogen) atoms. The molecular weight excluding hydrogens is 150 g/mol. The fourth-order valence-electron chi connectivity index (χ4n) is 0.565. The topological polar surface area (TPSA) is 26.0 Å². The van der Waals surface area contributed by atoms with Gasteiger partial charge >= 0.3 is 0 Å². The molecule has 0 aliphatic carbocycles. The largest absolute Gasteiger partial charge is 0.330 e. The molecule has 0 amide bonds. The molecule has 56 valence electrons. The third kappa shape index (κ3) is 8.66. The average molecular weight is 165 g/mol. The monoisotopic (exact) mass is 165 g/mol. The lowest BCUT2D eigenvalue weighted by Crippen LogP contribution is -1.97. The Morgan fingerprint density at radius 1 is 1.22 bits per heavy atom. The molecule has 0 bridgehead atoms. The van der Waals surface area contributed by atoms with Crippen LogP contribution in [0.25, 0.3) is 0 Å². The Labute approximate surface area is 65.6 Å². The van der Waals surface area contributed by atoms with Crippen LogP contribution in [0.4, 0.5) is 0 Å². The SMILES string of the molecule is CSSCCCCCN. The van der Waals surface area contributed by atoms with Gasteiger partial charge in [-0.1, -0.05) is 28.0 Å². The molecule has 0 aromatic rings. The molecule has 0 heterocycles. The summed E-state index contributed by atoms with van der Waals surface area (Å²) in [5.74, 6) is 1.28. The van der Waals surface area contributed by atoms with E-state index in [1.165, 1.54) is 25.0 Å². The van der Waals surface area contributed by atoms with E-state index in [9.17, 15) is 0 Å². The third-order valence-electron chi connectivity index (χ3n) is 1.05. The molecule has 0 aromatic carbocycles. The van der Waals surface area contributed by atoms with Gasteiger partial charge in [0.2, 0.25) is 0 Å². The molecule has 0 fully saturated rings. The summed E-state index contributed by atoms with van der Waals surface area (Å²) in [6, 6.07) is 0. The highest BCUT2D eigenvalue weighted by molar-refractivity contribution is 8.76. The Morgan fingerprint density at radius 3 is 2.56 bits per heavy atom. The number of hydrogen-bond acceptors (Lipinski definition) is 3. The van der Waals surface area contributed by atoms with Crippen LogP contribution in [0.15, 0.2) is 0 Å². The second-order valence-corrected chi connectivity index (χ2v) is 4.52. The first-order chi connectivity index (χ1) is 4.41. The van der Waals surface area contributed by atoms with Gasteiger partial charge < -0.3 is 5.73 Å². The lowest BCUT2D eigenvalue weighted by atomic mass is 10.2. The molecule has 0 aliphatic heterocycles. The van der Waals surface area contributed by atoms with Gasteiger partial charge in [0.05, 0.1) is 0 Å². The Hall–Kier alpha value is 0.660. The fraction of sp³-hybridized carbons (Fsp3) is 1.00. The number of hydrogen-bond donors (Lipinski definition) is 1. The van der Waals surface area contributed by atoms with E-state index >= 15 is 0 Å². The van der Waals surface area contributed by atoms with Crippen LogP contribution in [0, 0.1) is 0 Å². The van der Waals surface area contributed by atoms with Gasteiger partial charge in [0.25, 0.3) is 0 Å². The molecule has 0 saturated heterocycles. The zero-order chi connectivity index (χ0) is 6.95. The van der Waals surface area contributed by atoms with Gasteiger partial charge in [0.15, 0.2) is 0 Å². The van der Waals surface area contributed by atoms with Crippen molar-refractivity contribution >= 4 is 21.6 Å². The Kier molecular flexibility index (Phi) is 9.30. The van der Waals surface area contributed by atoms with Gasteiger partial charge in [-0.3, -0.25) is 0 Å². The van der Waals surface area contributed by atoms with E-state index in [2.05, 4.69) is 6.26 Å². The summed E-state index contributed by atoms with van der Waals surface area (Å²) in [5, 5.41) is 0. The number of unbranched alkanes of at least 4 members (excludes halogenated alkanes) is 2. The van der Waals surface area contributed by atoms with Gasteiger partial charge in [-0.15, -0.1) is 0 Å². The van der Waals surface area contributed by atoms with Crippen molar-refractivity contribution in [2.75, 3.05) is 18.6 Å². The summed E-state index contributed by atoms with van der Waals surface area (Å²) in [6.07, 6.45) is 5.93. The molecule has 0 atom stereocenters. The first-order valence-electron chi connectivity index (χ1n) is 3.27. The van der Waals surface area contributed by atoms with Crippen LogP contribution in [-0.2, 0) is 0 Å². The van der Waals surface area contributed by atoms with Crippen LogP contribution >= 0.6 is 21.6 Å². The smallest absolute Gasteiger partial charge is 0.00368 e. The lowest BCUT2D eigenvalue weighted by molar-refractivity contribution is 0.733. The van der Waals surface area contributed by atoms with Crippen molar-refractivity contribution in [1.82, 2.24) is 0 Å². The van der Waals surface area contributed by atoms with Gasteiger partial charge in [-0.2, -0.15) is 0 Å². The third-order valence-corrected chi connectivity index (χ3v) is 2.95. The minimum absolute atomic E-state index is 0.851. The van der Waals surface area contributed by atoms with Crippen LogP contribution in [0.3, 0.4) is 0 Å². The molecule has 0 aliphatic rings. The van der Waals surface area contributed by atoms with Gasteiger partial charge in [0.1, 0.15) is 0 Å². The zero-order valence-electron chi connectivity index (χ0n) is 5.93. The molecular formula is C6H15NS2. The zero-order valence-corrected chi connectivity index (χ0v) is 7.56. The van der Waals surface area contributed by atoms with Gasteiger partial charge in [-0.05, 0) is 25.6 Å². The van der Waals surface area contributed by atoms with Crippen molar-refractivity contribution in [1.29, 1.82) is 0 Å². The molecule has 1 nitrogen and oxygen atoms in total. The predicted molar refractivity (Wildman–Crippen MR) is 48.9 cm³/mol. The highest BCUT2D eigenvalue weighted by Gasteiger charge is 1.86. The van der Waals surface area contributed by atoms with E-state index in [0.717, 1.165) is 6.54 Å². The summed E-state index contributed by atoms with van der Waals surface area (Å²) >= 11 is 0. The average Bonchev–Trinajstić information content (AvgIpc) is 1.89. The van der Waals surface area contributed by atoms with Crippen LogP contribution in [0.2, 0.25) is 0 Å². The quantitative estimate of drug-likeness (QED) is 0.482. The normalized spacial score (nSPS) is 10.0. The second-order valence-electron chi connectivity index (χ2n) is 1.84. The van der Waals surface area contributed by atoms with Crippen LogP contribution in [0.1, 0.15) is 19.3 Å². The number of nitrogens with two attached hydrogens (primary N) is 1. The van der Waals surface area contributed by atoms with Crippen LogP contribution in [0.5, 0.6) is 0 Å². The highest BCUT2D eigenvalue weighted by atomic mass is 33.1. The maximum Gasteiger partial charge on any atom is 0.00368 e. The standard InChI is InChI=1S/C6H15NS2/c1-8-9-6-4-2-3-5-7/h2-7H2,1H3. The first kappa shape index (κ1) is 9.66. The molecule has 0 rings (SSSR count). The molecule has 0 unspecified atom stereocenters. The lowest BCUT2D eigenvalue weighted by Gasteiger charge is -1.95. The van der Waals surface area contributed by atoms with E-state index < -0.39 is 0 Å². The molecule has 0 radical (unpaired) electrons. The Balaban J connectivity index is 2.60. The van der Waals surface area contributed by atoms with Crippen LogP contribution in [-0.4, -0.2) is 18.6 Å². The first-order valence-corrected chi connectivity index (χ1v) is 6.00. The van der Waals surface area contributed by atoms with E-state index in [1.807, 2.05) is 21.6 Å². The van der Waals surface area contributed by atoms with E-state index in [4.69, 9.17) is 5.73 Å². The second kappa shape index (κ2) is 8.66. The maximum atomic E-state index is 5.33. The minimum atomic E-state index is 0.851. The summed E-state index contributed by atoms with van der Waals surface area (Å²) in [4.78, 5) is 0. The van der Waals surface area contributed by atoms with Gasteiger partial charge in [0, 0.05) is 5.75 Å². The van der Waals surface area contributed by atoms with E-state index in [-0.39, 0.29) is 0 Å². The van der Waals surface area contributed by atoms with Crippen molar-refractivity contribution in [3.8, 4) is 0 Å². The molecule has 2 N–H and O–H groups in total. The van der Waals surface area contributed by atoms with E-state index in [1.54, 1.807) is 0 Å². The van der Waals surface area contributed by atoms with Crippen molar-refractivity contribution in [2.24, 2.45) is 5.73 Å². The Morgan fingerprint density at radius 2 is 2.00 bits per heavy atom. The summed E-state index contributed by atoms with van der Waals surface area (Å²) < 4.78 is 0. The number of rotatable bonds is 6. The van der Waals surface area contributed by atoms with Crippen molar-refractivity contribution < 1.29 is 0 Å². The summed E-state index contributed by atoms with van der Waals surface area (Å²) in [7, 11) is 3.78. The fourth-order valence-corrected chi connectivity index (χ4v) is 1.91. The summed E-state index contributed by atoms with van der Waals surface area (Å²) in [6.45, 7) is 0.851. The molecule has 0 saturated carbocycles. The highest BCUT2D eigenvalue weighted by Crippen LogP contribution is 2.18. The van der Waals surface area contributed by atoms with Crippen molar-refractivity contribution in [3.63, 3.8) is 0 Å². The van der Waals surface area contributed by atoms with Crippen molar-refractivity contribution in [3.05, 3.63) is 0 Å². The predicted octanol–water partition coefficient (Wildman–Crippen LogP) is 2.13. The van der Waals surface area contributed by atoms with E-state index in [0.29, 0.717) is 0 Å². The van der Waals surface area contributed by atoms with Gasteiger partial charge in [-0.25, -0.2) is 0 Å². The summed E-state index contributed by atoms with van der Waals surface area (Å²) in [5.41, 5.74) is 5.33. The van der Waals surface area contributed by atoms with Crippen molar-refractivity contribution in [2.45, 2.75) is 19.3 Å². The molecule has 0 aromatic heterocycles. The molecule has 3 heteroatoms. The minimum Gasteiger partial charge on any atom is -0.330 e. The van der Waals surface area contributed by atoms with Crippen LogP contribution < -0.4 is 5.73 Å². The molecule has 0 spiro atoms.